The molecule has 1 saturated carbocycles. The summed E-state index contributed by atoms with van der Waals surface area (Å²) in [5, 5.41) is 12.6. The van der Waals surface area contributed by atoms with Gasteiger partial charge in [-0.2, -0.15) is 0 Å². The fraction of sp³-hybridized carbons (Fsp3) is 0.400. The molecule has 1 saturated heterocycles. The molecule has 3 heterocycles. The van der Waals surface area contributed by atoms with Crippen LogP contribution in [0.25, 0.3) is 33.1 Å². The van der Waals surface area contributed by atoms with E-state index >= 15 is 0 Å². The molecule has 1 amide bonds. The number of hydrogen-bond donors (Lipinski definition) is 1. The van der Waals surface area contributed by atoms with E-state index in [0.717, 1.165) is 58.9 Å². The number of likely N-dealkylation sites (tertiary alicyclic amines) is 1. The highest BCUT2D eigenvalue weighted by Gasteiger charge is 2.43. The predicted molar refractivity (Wildman–Crippen MR) is 141 cm³/mol. The molecule has 2 aromatic carbocycles. The molecule has 7 heteroatoms. The van der Waals surface area contributed by atoms with Gasteiger partial charge >= 0.3 is 5.63 Å². The number of aryl methyl sites for hydroxylation is 1. The molecule has 2 aliphatic rings. The van der Waals surface area contributed by atoms with E-state index in [4.69, 9.17) is 13.6 Å². The number of ether oxygens (including phenoxy) is 1. The zero-order chi connectivity index (χ0) is 25.7. The lowest BCUT2D eigenvalue weighted by molar-refractivity contribution is -0.142. The third-order valence-electron chi connectivity index (χ3n) is 8.47. The van der Waals surface area contributed by atoms with Gasteiger partial charge in [-0.25, -0.2) is 4.79 Å². The van der Waals surface area contributed by atoms with Crippen LogP contribution in [-0.4, -0.2) is 41.7 Å². The number of benzene rings is 2. The third-order valence-corrected chi connectivity index (χ3v) is 8.47. The molecule has 0 bridgehead atoms. The number of carbonyl (C=O) groups excluding carboxylic acids is 1. The van der Waals surface area contributed by atoms with Gasteiger partial charge in [0.15, 0.2) is 0 Å². The molecule has 1 aliphatic carbocycles. The van der Waals surface area contributed by atoms with Crippen LogP contribution in [0.4, 0.5) is 0 Å². The van der Waals surface area contributed by atoms with Gasteiger partial charge in [0.05, 0.1) is 31.0 Å². The Morgan fingerprint density at radius 3 is 2.86 bits per heavy atom. The average Bonchev–Trinajstić information content (AvgIpc) is 3.32. The number of piperidine rings is 1. The van der Waals surface area contributed by atoms with Gasteiger partial charge in [0, 0.05) is 41.4 Å². The number of rotatable bonds is 4. The number of nitrogens with zero attached hydrogens (tertiary/aromatic N) is 1. The van der Waals surface area contributed by atoms with Crippen LogP contribution in [0.3, 0.4) is 0 Å². The first kappa shape index (κ1) is 23.8. The lowest BCUT2D eigenvalue weighted by Crippen LogP contribution is -2.55. The van der Waals surface area contributed by atoms with Crippen molar-refractivity contribution in [1.82, 2.24) is 4.90 Å². The zero-order valence-electron chi connectivity index (χ0n) is 21.2. The fourth-order valence-electron chi connectivity index (χ4n) is 6.19. The minimum atomic E-state index is -0.649. The first-order valence-corrected chi connectivity index (χ1v) is 13.0. The standard InChI is InChI=1S/C30H31NO6/c1-18-22-13-24-25(19-6-5-8-21(12-19)35-2)17-36-26(24)15-27(22)37-29(33)23(18)14-28(32)31-11-10-30(34)9-4-3-7-20(30)16-31/h5-6,8,12-13,15,17,20,34H,3-4,7,9-11,14,16H2,1-2H3. The zero-order valence-corrected chi connectivity index (χ0v) is 21.2. The van der Waals surface area contributed by atoms with E-state index in [1.165, 1.54) is 0 Å². The van der Waals surface area contributed by atoms with Crippen molar-refractivity contribution in [2.75, 3.05) is 20.2 Å². The smallest absolute Gasteiger partial charge is 0.340 e. The molecule has 192 valence electrons. The fourth-order valence-corrected chi connectivity index (χ4v) is 6.19. The minimum absolute atomic E-state index is 0.0125. The summed E-state index contributed by atoms with van der Waals surface area (Å²) in [6.45, 7) is 2.94. The Bertz CT molecular complexity index is 1570. The molecule has 4 aromatic rings. The van der Waals surface area contributed by atoms with E-state index in [-0.39, 0.29) is 18.2 Å². The van der Waals surface area contributed by atoms with Crippen molar-refractivity contribution < 1.29 is 23.5 Å². The molecule has 1 N–H and O–H groups in total. The number of hydrogen-bond acceptors (Lipinski definition) is 6. The van der Waals surface area contributed by atoms with Crippen LogP contribution >= 0.6 is 0 Å². The quantitative estimate of drug-likeness (QED) is 0.386. The second-order valence-corrected chi connectivity index (χ2v) is 10.5. The Hall–Kier alpha value is -3.58. The Morgan fingerprint density at radius 2 is 2.03 bits per heavy atom. The number of aliphatic hydroxyl groups is 1. The second-order valence-electron chi connectivity index (χ2n) is 10.5. The maximum absolute atomic E-state index is 13.3. The number of carbonyl (C=O) groups is 1. The number of furan rings is 1. The highest BCUT2D eigenvalue weighted by Crippen LogP contribution is 2.40. The summed E-state index contributed by atoms with van der Waals surface area (Å²) in [6, 6.07) is 11.5. The highest BCUT2D eigenvalue weighted by atomic mass is 16.5. The van der Waals surface area contributed by atoms with Gasteiger partial charge in [0.1, 0.15) is 16.9 Å². The molecule has 2 atom stereocenters. The summed E-state index contributed by atoms with van der Waals surface area (Å²) in [7, 11) is 1.63. The summed E-state index contributed by atoms with van der Waals surface area (Å²) in [5.74, 6) is 0.765. The molecule has 37 heavy (non-hydrogen) atoms. The Labute approximate surface area is 214 Å². The van der Waals surface area contributed by atoms with Gasteiger partial charge in [-0.15, -0.1) is 0 Å². The summed E-state index contributed by atoms with van der Waals surface area (Å²) in [6.07, 6.45) is 6.16. The van der Waals surface area contributed by atoms with Crippen molar-refractivity contribution in [3.63, 3.8) is 0 Å². The van der Waals surface area contributed by atoms with Crippen molar-refractivity contribution in [3.05, 3.63) is 64.2 Å². The average molecular weight is 502 g/mol. The van der Waals surface area contributed by atoms with Crippen molar-refractivity contribution in [3.8, 4) is 16.9 Å². The van der Waals surface area contributed by atoms with Crippen molar-refractivity contribution in [2.24, 2.45) is 5.92 Å². The Balaban J connectivity index is 1.34. The number of amides is 1. The molecule has 1 aliphatic heterocycles. The van der Waals surface area contributed by atoms with Gasteiger partial charge in [-0.1, -0.05) is 25.0 Å². The van der Waals surface area contributed by atoms with Crippen LogP contribution in [0.2, 0.25) is 0 Å². The Kier molecular flexibility index (Phi) is 5.83. The molecule has 2 aromatic heterocycles. The molecule has 2 unspecified atom stereocenters. The molecule has 7 nitrogen and oxygen atoms in total. The number of methoxy groups -OCH3 is 1. The Morgan fingerprint density at radius 1 is 1.16 bits per heavy atom. The van der Waals surface area contributed by atoms with E-state index in [1.807, 2.05) is 42.2 Å². The van der Waals surface area contributed by atoms with E-state index < -0.39 is 11.2 Å². The number of fused-ring (bicyclic) bond motifs is 3. The summed E-state index contributed by atoms with van der Waals surface area (Å²) in [4.78, 5) is 28.1. The maximum atomic E-state index is 13.3. The summed E-state index contributed by atoms with van der Waals surface area (Å²) in [5.41, 5.74) is 2.89. The van der Waals surface area contributed by atoms with Crippen LogP contribution in [-0.2, 0) is 11.2 Å². The van der Waals surface area contributed by atoms with Crippen LogP contribution in [0, 0.1) is 12.8 Å². The summed E-state index contributed by atoms with van der Waals surface area (Å²) >= 11 is 0. The van der Waals surface area contributed by atoms with Gasteiger partial charge in [-0.05, 0) is 55.5 Å². The monoisotopic (exact) mass is 501 g/mol. The normalized spacial score (nSPS) is 21.8. The molecule has 2 fully saturated rings. The second kappa shape index (κ2) is 9.06. The molecule has 0 radical (unpaired) electrons. The minimum Gasteiger partial charge on any atom is -0.497 e. The van der Waals surface area contributed by atoms with E-state index in [2.05, 4.69) is 0 Å². The van der Waals surface area contributed by atoms with E-state index in [9.17, 15) is 14.7 Å². The van der Waals surface area contributed by atoms with Gasteiger partial charge in [0.2, 0.25) is 5.91 Å². The summed E-state index contributed by atoms with van der Waals surface area (Å²) < 4.78 is 16.9. The van der Waals surface area contributed by atoms with Crippen LogP contribution in [0.1, 0.15) is 43.2 Å². The van der Waals surface area contributed by atoms with Crippen LogP contribution in [0.5, 0.6) is 5.75 Å². The predicted octanol–water partition coefficient (Wildman–Crippen LogP) is 5.22. The van der Waals surface area contributed by atoms with Gasteiger partial charge in [0.25, 0.3) is 0 Å². The SMILES string of the molecule is COc1cccc(-c2coc3cc4oc(=O)c(CC(=O)N5CCC6(O)CCCCC6C5)c(C)c4cc23)c1. The largest absolute Gasteiger partial charge is 0.497 e. The first-order valence-electron chi connectivity index (χ1n) is 13.0. The van der Waals surface area contributed by atoms with Crippen molar-refractivity contribution >= 4 is 27.8 Å². The van der Waals surface area contributed by atoms with Gasteiger partial charge in [-0.3, -0.25) is 4.79 Å². The topological polar surface area (TPSA) is 93.1 Å². The third kappa shape index (κ3) is 4.11. The van der Waals surface area contributed by atoms with Crippen molar-refractivity contribution in [2.45, 2.75) is 51.0 Å². The molecular formula is C30H31NO6. The molecule has 0 spiro atoms. The highest BCUT2D eigenvalue weighted by molar-refractivity contribution is 6.02. The van der Waals surface area contributed by atoms with E-state index in [1.54, 1.807) is 19.4 Å². The maximum Gasteiger partial charge on any atom is 0.340 e. The van der Waals surface area contributed by atoms with Crippen LogP contribution in [0.15, 0.2) is 56.3 Å². The van der Waals surface area contributed by atoms with Crippen molar-refractivity contribution in [1.29, 1.82) is 0 Å². The lowest BCUT2D eigenvalue weighted by atomic mass is 9.71. The lowest BCUT2D eigenvalue weighted by Gasteiger charge is -2.47. The van der Waals surface area contributed by atoms with E-state index in [0.29, 0.717) is 36.2 Å². The molecular weight excluding hydrogens is 470 g/mol. The molecule has 6 rings (SSSR count). The van der Waals surface area contributed by atoms with Crippen LogP contribution < -0.4 is 10.4 Å². The van der Waals surface area contributed by atoms with Gasteiger partial charge < -0.3 is 23.6 Å². The first-order chi connectivity index (χ1) is 17.9.